The maximum atomic E-state index is 10.6. The van der Waals surface area contributed by atoms with Crippen LogP contribution in [-0.2, 0) is 0 Å². The van der Waals surface area contributed by atoms with E-state index in [1.807, 2.05) is 48.5 Å². The summed E-state index contributed by atoms with van der Waals surface area (Å²) >= 11 is 0. The molecule has 0 unspecified atom stereocenters. The average molecular weight is 264 g/mol. The van der Waals surface area contributed by atoms with Crippen LogP contribution in [0.4, 0.5) is 0 Å². The Hall–Kier alpha value is -2.61. The van der Waals surface area contributed by atoms with E-state index < -0.39 is 5.97 Å². The molecule has 3 aromatic carbocycles. The number of carbonyl (C=O) groups is 1. The van der Waals surface area contributed by atoms with Gasteiger partial charge in [0.1, 0.15) is 0 Å². The predicted molar refractivity (Wildman–Crippen MR) is 82.1 cm³/mol. The van der Waals surface area contributed by atoms with E-state index >= 15 is 0 Å². The second-order valence-electron chi connectivity index (χ2n) is 4.52. The van der Waals surface area contributed by atoms with Crippen molar-refractivity contribution in [2.24, 2.45) is 0 Å². The van der Waals surface area contributed by atoms with Crippen LogP contribution in [0.15, 0.2) is 72.8 Å². The molecule has 20 heavy (non-hydrogen) atoms. The van der Waals surface area contributed by atoms with Crippen LogP contribution in [0.5, 0.6) is 0 Å². The molecule has 3 rings (SSSR count). The summed E-state index contributed by atoms with van der Waals surface area (Å²) in [5.41, 5.74) is 1.65. The minimum atomic E-state index is -0.884. The van der Waals surface area contributed by atoms with Crippen molar-refractivity contribution in [2.75, 3.05) is 0 Å². The minimum absolute atomic E-state index is 0.332. The Bertz CT molecular complexity index is 703. The summed E-state index contributed by atoms with van der Waals surface area (Å²) in [7, 11) is 0. The van der Waals surface area contributed by atoms with Crippen molar-refractivity contribution in [3.63, 3.8) is 0 Å². The third-order valence-electron chi connectivity index (χ3n) is 2.94. The Balaban J connectivity index is 0.000000178. The smallest absolute Gasteiger partial charge is 0.335 e. The van der Waals surface area contributed by atoms with Gasteiger partial charge in [-0.3, -0.25) is 0 Å². The first kappa shape index (κ1) is 13.8. The van der Waals surface area contributed by atoms with E-state index in [9.17, 15) is 4.79 Å². The highest BCUT2D eigenvalue weighted by atomic mass is 16.4. The number of aromatic carboxylic acids is 1. The van der Waals surface area contributed by atoms with Crippen LogP contribution in [0.3, 0.4) is 0 Å². The molecule has 1 N–H and O–H groups in total. The van der Waals surface area contributed by atoms with Crippen LogP contribution in [0.2, 0.25) is 0 Å². The molecule has 0 fully saturated rings. The van der Waals surface area contributed by atoms with E-state index in [1.165, 1.54) is 5.56 Å². The fraction of sp³-hybridized carbons (Fsp3) is 0.0556. The van der Waals surface area contributed by atoms with E-state index in [1.54, 1.807) is 12.1 Å². The highest BCUT2D eigenvalue weighted by Gasteiger charge is 2.01. The van der Waals surface area contributed by atoms with Gasteiger partial charge in [0.2, 0.25) is 0 Å². The third kappa shape index (κ3) is 3.69. The van der Waals surface area contributed by atoms with Crippen LogP contribution < -0.4 is 0 Å². The number of hydrogen-bond acceptors (Lipinski definition) is 1. The highest BCUT2D eigenvalue weighted by molar-refractivity contribution is 5.94. The Labute approximate surface area is 118 Å². The van der Waals surface area contributed by atoms with Crippen LogP contribution in [0.25, 0.3) is 10.8 Å². The van der Waals surface area contributed by atoms with Crippen molar-refractivity contribution in [2.45, 2.75) is 6.92 Å². The third-order valence-corrected chi connectivity index (χ3v) is 2.94. The number of benzene rings is 3. The van der Waals surface area contributed by atoms with Gasteiger partial charge in [0.15, 0.2) is 0 Å². The van der Waals surface area contributed by atoms with Gasteiger partial charge in [0, 0.05) is 0 Å². The number of fused-ring (bicyclic) bond motifs is 1. The molecule has 0 spiro atoms. The first-order valence-corrected chi connectivity index (χ1v) is 6.40. The van der Waals surface area contributed by atoms with Gasteiger partial charge < -0.3 is 5.11 Å². The van der Waals surface area contributed by atoms with E-state index in [2.05, 4.69) is 19.1 Å². The lowest BCUT2D eigenvalue weighted by molar-refractivity contribution is 0.0697. The topological polar surface area (TPSA) is 37.3 Å². The van der Waals surface area contributed by atoms with Gasteiger partial charge in [-0.1, -0.05) is 66.2 Å². The molecule has 0 atom stereocenters. The quantitative estimate of drug-likeness (QED) is 0.701. The van der Waals surface area contributed by atoms with Crippen LogP contribution >= 0.6 is 0 Å². The van der Waals surface area contributed by atoms with Crippen molar-refractivity contribution >= 4 is 16.7 Å². The number of hydrogen-bond donors (Lipinski definition) is 1. The zero-order valence-electron chi connectivity index (χ0n) is 11.3. The molecule has 100 valence electrons. The van der Waals surface area contributed by atoms with Crippen LogP contribution in [-0.4, -0.2) is 11.1 Å². The number of rotatable bonds is 1. The summed E-state index contributed by atoms with van der Waals surface area (Å²) in [4.78, 5) is 10.6. The van der Waals surface area contributed by atoms with E-state index in [4.69, 9.17) is 5.11 Å². The minimum Gasteiger partial charge on any atom is -0.478 e. The standard InChI is InChI=1S/C11H8O2.C7H8/c12-11(13)10-6-5-8-3-1-2-4-9(8)7-10;1-7-5-3-2-4-6-7/h1-7H,(H,12,13);2-6H,1H3. The lowest BCUT2D eigenvalue weighted by Crippen LogP contribution is -1.94. The maximum Gasteiger partial charge on any atom is 0.335 e. The molecule has 0 saturated heterocycles. The molecule has 0 amide bonds. The van der Waals surface area contributed by atoms with Crippen molar-refractivity contribution in [3.8, 4) is 0 Å². The summed E-state index contributed by atoms with van der Waals surface area (Å²) < 4.78 is 0. The molecular weight excluding hydrogens is 248 g/mol. The summed E-state index contributed by atoms with van der Waals surface area (Å²) in [5, 5.41) is 10.8. The Morgan fingerprint density at radius 2 is 1.40 bits per heavy atom. The fourth-order valence-corrected chi connectivity index (χ4v) is 1.86. The summed E-state index contributed by atoms with van der Waals surface area (Å²) in [6.45, 7) is 2.08. The Morgan fingerprint density at radius 1 is 0.800 bits per heavy atom. The molecule has 0 aromatic heterocycles. The van der Waals surface area contributed by atoms with Crippen LogP contribution in [0, 0.1) is 6.92 Å². The van der Waals surface area contributed by atoms with Gasteiger partial charge in [0.05, 0.1) is 5.56 Å². The molecular formula is C18H16O2. The Kier molecular flexibility index (Phi) is 4.51. The van der Waals surface area contributed by atoms with Crippen molar-refractivity contribution in [1.82, 2.24) is 0 Å². The van der Waals surface area contributed by atoms with E-state index in [-0.39, 0.29) is 0 Å². The monoisotopic (exact) mass is 264 g/mol. The molecule has 2 nitrogen and oxygen atoms in total. The highest BCUT2D eigenvalue weighted by Crippen LogP contribution is 2.15. The number of carboxylic acid groups (broad SMARTS) is 1. The van der Waals surface area contributed by atoms with Gasteiger partial charge in [-0.05, 0) is 29.8 Å². The Morgan fingerprint density at radius 3 is 1.95 bits per heavy atom. The number of aryl methyl sites for hydroxylation is 1. The molecule has 2 heteroatoms. The van der Waals surface area contributed by atoms with Gasteiger partial charge in [-0.2, -0.15) is 0 Å². The van der Waals surface area contributed by atoms with Crippen molar-refractivity contribution < 1.29 is 9.90 Å². The van der Waals surface area contributed by atoms with Crippen molar-refractivity contribution in [1.29, 1.82) is 0 Å². The van der Waals surface area contributed by atoms with Gasteiger partial charge in [-0.25, -0.2) is 4.79 Å². The summed E-state index contributed by atoms with van der Waals surface area (Å²) in [5.74, 6) is -0.884. The SMILES string of the molecule is Cc1ccccc1.O=C(O)c1ccc2ccccc2c1. The van der Waals surface area contributed by atoms with Gasteiger partial charge >= 0.3 is 5.97 Å². The second kappa shape index (κ2) is 6.53. The van der Waals surface area contributed by atoms with Gasteiger partial charge in [-0.15, -0.1) is 0 Å². The average Bonchev–Trinajstić information content (AvgIpc) is 2.48. The van der Waals surface area contributed by atoms with E-state index in [0.717, 1.165) is 10.8 Å². The summed E-state index contributed by atoms with van der Waals surface area (Å²) in [6.07, 6.45) is 0. The molecule has 0 heterocycles. The molecule has 3 aromatic rings. The molecule has 0 radical (unpaired) electrons. The largest absolute Gasteiger partial charge is 0.478 e. The van der Waals surface area contributed by atoms with Gasteiger partial charge in [0.25, 0.3) is 0 Å². The lowest BCUT2D eigenvalue weighted by atomic mass is 10.1. The van der Waals surface area contributed by atoms with Crippen LogP contribution in [0.1, 0.15) is 15.9 Å². The predicted octanol–water partition coefficient (Wildman–Crippen LogP) is 4.53. The molecule has 0 aliphatic heterocycles. The molecule has 0 saturated carbocycles. The fourth-order valence-electron chi connectivity index (χ4n) is 1.86. The normalized spacial score (nSPS) is 9.65. The maximum absolute atomic E-state index is 10.6. The number of carboxylic acids is 1. The first-order valence-electron chi connectivity index (χ1n) is 6.40. The molecule has 0 aliphatic carbocycles. The zero-order valence-corrected chi connectivity index (χ0v) is 11.3. The zero-order chi connectivity index (χ0) is 14.4. The molecule has 0 aliphatic rings. The second-order valence-corrected chi connectivity index (χ2v) is 4.52. The lowest BCUT2D eigenvalue weighted by Gasteiger charge is -1.98. The van der Waals surface area contributed by atoms with Crippen molar-refractivity contribution in [3.05, 3.63) is 83.9 Å². The first-order chi connectivity index (χ1) is 9.66. The molecule has 0 bridgehead atoms. The van der Waals surface area contributed by atoms with E-state index in [0.29, 0.717) is 5.56 Å². The summed E-state index contributed by atoms with van der Waals surface area (Å²) in [6, 6.07) is 23.1.